The van der Waals surface area contributed by atoms with Crippen molar-refractivity contribution in [2.45, 2.75) is 77.7 Å². The molecule has 0 aromatic carbocycles. The fourth-order valence-electron chi connectivity index (χ4n) is 7.34. The Kier molecular flexibility index (Phi) is 4.16. The Morgan fingerprint density at radius 3 is 2.58 bits per heavy atom. The summed E-state index contributed by atoms with van der Waals surface area (Å²) in [5.74, 6) is 4.67. The predicted molar refractivity (Wildman–Crippen MR) is 97.4 cm³/mol. The summed E-state index contributed by atoms with van der Waals surface area (Å²) in [6, 6.07) is 0. The Hall–Kier alpha value is -0.340. The molecule has 3 saturated carbocycles. The molecular weight excluding hydrogens is 296 g/mol. The first kappa shape index (κ1) is 17.1. The molecule has 8 atom stereocenters. The van der Waals surface area contributed by atoms with Crippen molar-refractivity contribution in [2.75, 3.05) is 6.61 Å². The van der Waals surface area contributed by atoms with Crippen molar-refractivity contribution in [1.29, 1.82) is 0 Å². The minimum absolute atomic E-state index is 0.344. The molecule has 0 aliphatic heterocycles. The van der Waals surface area contributed by atoms with E-state index in [1.54, 1.807) is 5.57 Å². The molecule has 4 aliphatic rings. The Labute approximate surface area is 147 Å². The largest absolute Gasteiger partial charge is 0.396 e. The molecule has 0 aromatic rings. The maximum atomic E-state index is 10.5. The number of hydrogen-bond donors (Lipinski definition) is 2. The third-order valence-electron chi connectivity index (χ3n) is 8.77. The smallest absolute Gasteiger partial charge is 0.0657 e. The van der Waals surface area contributed by atoms with Gasteiger partial charge in [-0.1, -0.05) is 25.5 Å². The molecule has 2 N–H and O–H groups in total. The highest BCUT2D eigenvalue weighted by molar-refractivity contribution is 5.26. The minimum atomic E-state index is -0.482. The Balaban J connectivity index is 1.58. The number of aliphatic hydroxyl groups excluding tert-OH is 1. The van der Waals surface area contributed by atoms with E-state index in [0.717, 1.165) is 42.4 Å². The van der Waals surface area contributed by atoms with Gasteiger partial charge in [-0.25, -0.2) is 0 Å². The zero-order valence-corrected chi connectivity index (χ0v) is 15.8. The van der Waals surface area contributed by atoms with Gasteiger partial charge in [0.2, 0.25) is 0 Å². The summed E-state index contributed by atoms with van der Waals surface area (Å²) >= 11 is 0. The Morgan fingerprint density at radius 2 is 1.83 bits per heavy atom. The average Bonchev–Trinajstić information content (AvgIpc) is 2.99. The van der Waals surface area contributed by atoms with E-state index in [-0.39, 0.29) is 0 Å². The van der Waals surface area contributed by atoms with Crippen LogP contribution in [0.5, 0.6) is 0 Å². The second-order valence-electron chi connectivity index (χ2n) is 10.1. The summed E-state index contributed by atoms with van der Waals surface area (Å²) < 4.78 is 0. The Morgan fingerprint density at radius 1 is 1.08 bits per heavy atom. The first-order valence-corrected chi connectivity index (χ1v) is 10.4. The van der Waals surface area contributed by atoms with Crippen LogP contribution >= 0.6 is 0 Å². The first-order valence-electron chi connectivity index (χ1n) is 10.4. The highest BCUT2D eigenvalue weighted by atomic mass is 16.3. The van der Waals surface area contributed by atoms with Crippen LogP contribution < -0.4 is 0 Å². The molecule has 0 heterocycles. The predicted octanol–water partition coefficient (Wildman–Crippen LogP) is 4.55. The van der Waals surface area contributed by atoms with Gasteiger partial charge in [0.05, 0.1) is 5.60 Å². The summed E-state index contributed by atoms with van der Waals surface area (Å²) in [6.45, 7) is 7.14. The van der Waals surface area contributed by atoms with Crippen LogP contribution in [-0.4, -0.2) is 22.4 Å². The molecule has 2 nitrogen and oxygen atoms in total. The van der Waals surface area contributed by atoms with Crippen LogP contribution in [0, 0.1) is 40.9 Å². The molecule has 3 fully saturated rings. The molecule has 4 aliphatic carbocycles. The third kappa shape index (κ3) is 2.51. The van der Waals surface area contributed by atoms with Crippen molar-refractivity contribution in [2.24, 2.45) is 40.9 Å². The number of fused-ring (bicyclic) bond motifs is 5. The van der Waals surface area contributed by atoms with Crippen LogP contribution in [0.25, 0.3) is 0 Å². The van der Waals surface area contributed by atoms with Crippen LogP contribution in [0.1, 0.15) is 72.1 Å². The van der Waals surface area contributed by atoms with E-state index in [0.29, 0.717) is 17.9 Å². The van der Waals surface area contributed by atoms with Crippen molar-refractivity contribution in [3.05, 3.63) is 11.6 Å². The maximum absolute atomic E-state index is 10.5. The maximum Gasteiger partial charge on any atom is 0.0657 e. The zero-order valence-electron chi connectivity index (χ0n) is 15.8. The van der Waals surface area contributed by atoms with Crippen LogP contribution in [-0.2, 0) is 0 Å². The lowest BCUT2D eigenvalue weighted by atomic mass is 9.49. The van der Waals surface area contributed by atoms with Gasteiger partial charge in [0, 0.05) is 6.61 Å². The van der Waals surface area contributed by atoms with Gasteiger partial charge in [-0.2, -0.15) is 0 Å². The number of allylic oxidation sites excluding steroid dienone is 1. The van der Waals surface area contributed by atoms with Gasteiger partial charge < -0.3 is 10.2 Å². The zero-order chi connectivity index (χ0) is 17.1. The first-order chi connectivity index (χ1) is 11.4. The SMILES string of the molecule is C[C@H](CO)[C@H]1CC[C@@H]2[C@@H]1CC[C@H]1[C@H]2CC=C2C[C@@](C)(O)CC[C@@]21C. The highest BCUT2D eigenvalue weighted by Crippen LogP contribution is 2.63. The van der Waals surface area contributed by atoms with Crippen LogP contribution in [0.4, 0.5) is 0 Å². The van der Waals surface area contributed by atoms with E-state index in [1.165, 1.54) is 38.5 Å². The van der Waals surface area contributed by atoms with Gasteiger partial charge in [-0.05, 0) is 99.2 Å². The standard InChI is InChI=1S/C22H36O2/c1-14(13-23)16-6-7-18-17(16)8-9-20-19(18)5-4-15-12-21(2,24)10-11-22(15,20)3/h4,14,16-20,23-24H,5-13H2,1-3H3/t14-,16-,17-,18-,19+,20+,21+,22+/m1/s1. The van der Waals surface area contributed by atoms with Gasteiger partial charge in [-0.3, -0.25) is 0 Å². The molecule has 0 aromatic heterocycles. The van der Waals surface area contributed by atoms with E-state index in [4.69, 9.17) is 0 Å². The fourth-order valence-corrected chi connectivity index (χ4v) is 7.34. The summed E-state index contributed by atoms with van der Waals surface area (Å²) in [7, 11) is 0. The average molecular weight is 333 g/mol. The summed E-state index contributed by atoms with van der Waals surface area (Å²) in [5, 5.41) is 20.2. The third-order valence-corrected chi connectivity index (χ3v) is 8.77. The van der Waals surface area contributed by atoms with Crippen molar-refractivity contribution < 1.29 is 10.2 Å². The molecule has 136 valence electrons. The van der Waals surface area contributed by atoms with Gasteiger partial charge in [0.1, 0.15) is 0 Å². The molecule has 4 rings (SSSR count). The monoisotopic (exact) mass is 332 g/mol. The number of aliphatic hydroxyl groups is 2. The van der Waals surface area contributed by atoms with Crippen molar-refractivity contribution in [3.63, 3.8) is 0 Å². The topological polar surface area (TPSA) is 40.5 Å². The van der Waals surface area contributed by atoms with Crippen LogP contribution in [0.2, 0.25) is 0 Å². The minimum Gasteiger partial charge on any atom is -0.396 e. The van der Waals surface area contributed by atoms with E-state index in [1.807, 2.05) is 6.92 Å². The van der Waals surface area contributed by atoms with E-state index in [2.05, 4.69) is 19.9 Å². The summed E-state index contributed by atoms with van der Waals surface area (Å²) in [5.41, 5.74) is 1.43. The second kappa shape index (κ2) is 5.84. The van der Waals surface area contributed by atoms with Gasteiger partial charge in [0.15, 0.2) is 0 Å². The van der Waals surface area contributed by atoms with Crippen molar-refractivity contribution in [3.8, 4) is 0 Å². The van der Waals surface area contributed by atoms with E-state index >= 15 is 0 Å². The molecule has 0 radical (unpaired) electrons. The molecule has 24 heavy (non-hydrogen) atoms. The van der Waals surface area contributed by atoms with E-state index < -0.39 is 5.60 Å². The number of hydrogen-bond acceptors (Lipinski definition) is 2. The van der Waals surface area contributed by atoms with Gasteiger partial charge in [-0.15, -0.1) is 0 Å². The number of rotatable bonds is 2. The van der Waals surface area contributed by atoms with Crippen molar-refractivity contribution in [1.82, 2.24) is 0 Å². The van der Waals surface area contributed by atoms with Crippen molar-refractivity contribution >= 4 is 0 Å². The molecular formula is C22H36O2. The lowest BCUT2D eigenvalue weighted by Gasteiger charge is -2.56. The molecule has 0 bridgehead atoms. The lowest BCUT2D eigenvalue weighted by molar-refractivity contribution is -0.0438. The van der Waals surface area contributed by atoms with Crippen LogP contribution in [0.15, 0.2) is 11.6 Å². The molecule has 0 unspecified atom stereocenters. The molecule has 0 saturated heterocycles. The van der Waals surface area contributed by atoms with E-state index in [9.17, 15) is 10.2 Å². The summed E-state index contributed by atoms with van der Waals surface area (Å²) in [4.78, 5) is 0. The van der Waals surface area contributed by atoms with Gasteiger partial charge in [0.25, 0.3) is 0 Å². The molecule has 0 amide bonds. The summed E-state index contributed by atoms with van der Waals surface area (Å²) in [6.07, 6.45) is 12.3. The highest BCUT2D eigenvalue weighted by Gasteiger charge is 2.55. The fraction of sp³-hybridized carbons (Fsp3) is 0.909. The van der Waals surface area contributed by atoms with Crippen LogP contribution in [0.3, 0.4) is 0 Å². The molecule has 0 spiro atoms. The molecule has 2 heteroatoms. The quantitative estimate of drug-likeness (QED) is 0.728. The lowest BCUT2D eigenvalue weighted by Crippen LogP contribution is -2.49. The second-order valence-corrected chi connectivity index (χ2v) is 10.1. The Bertz CT molecular complexity index is 522. The normalized spacial score (nSPS) is 52.0. The van der Waals surface area contributed by atoms with Gasteiger partial charge >= 0.3 is 0 Å².